The summed E-state index contributed by atoms with van der Waals surface area (Å²) in [6, 6.07) is 0. The molecule has 2 aliphatic heterocycles. The lowest BCUT2D eigenvalue weighted by atomic mass is 9.91. The number of fused-ring (bicyclic) bond motifs is 3. The smallest absolute Gasteiger partial charge is 0.00140 e. The van der Waals surface area contributed by atoms with Crippen LogP contribution in [0, 0.1) is 23.7 Å². The standard InChI is InChI=1S/C9H16N2/c1-6-2-10-4-8(6)9-5-11-3-7(1)9/h6-11H,1-5H2. The van der Waals surface area contributed by atoms with Crippen molar-refractivity contribution in [2.45, 2.75) is 6.42 Å². The molecule has 2 N–H and O–H groups in total. The minimum atomic E-state index is 1.02. The highest BCUT2D eigenvalue weighted by atomic mass is 15.0. The van der Waals surface area contributed by atoms with Gasteiger partial charge in [0.05, 0.1) is 0 Å². The van der Waals surface area contributed by atoms with Crippen molar-refractivity contribution in [2.75, 3.05) is 26.2 Å². The molecule has 0 aromatic carbocycles. The van der Waals surface area contributed by atoms with Crippen LogP contribution in [0.2, 0.25) is 0 Å². The summed E-state index contributed by atoms with van der Waals surface area (Å²) < 4.78 is 0. The molecule has 4 unspecified atom stereocenters. The van der Waals surface area contributed by atoms with Gasteiger partial charge in [-0.25, -0.2) is 0 Å². The highest BCUT2D eigenvalue weighted by Gasteiger charge is 2.46. The highest BCUT2D eigenvalue weighted by molar-refractivity contribution is 5.00. The van der Waals surface area contributed by atoms with E-state index in [0.717, 1.165) is 23.7 Å². The van der Waals surface area contributed by atoms with Crippen LogP contribution in [0.5, 0.6) is 0 Å². The largest absolute Gasteiger partial charge is 0.316 e. The molecule has 0 radical (unpaired) electrons. The van der Waals surface area contributed by atoms with Crippen molar-refractivity contribution in [2.24, 2.45) is 23.7 Å². The topological polar surface area (TPSA) is 24.1 Å². The minimum absolute atomic E-state index is 1.02. The van der Waals surface area contributed by atoms with Crippen LogP contribution in [0.15, 0.2) is 0 Å². The molecule has 3 aliphatic rings. The van der Waals surface area contributed by atoms with Gasteiger partial charge in [0, 0.05) is 0 Å². The first-order valence-electron chi connectivity index (χ1n) is 4.86. The van der Waals surface area contributed by atoms with Crippen LogP contribution in [0.3, 0.4) is 0 Å². The molecule has 3 rings (SSSR count). The van der Waals surface area contributed by atoms with E-state index in [1.54, 1.807) is 0 Å². The van der Waals surface area contributed by atoms with Gasteiger partial charge < -0.3 is 10.6 Å². The summed E-state index contributed by atoms with van der Waals surface area (Å²) in [6.45, 7) is 5.20. The Hall–Kier alpha value is -0.0800. The van der Waals surface area contributed by atoms with Gasteiger partial charge in [0.15, 0.2) is 0 Å². The second kappa shape index (κ2) is 2.20. The van der Waals surface area contributed by atoms with Crippen molar-refractivity contribution >= 4 is 0 Å². The molecule has 1 saturated carbocycles. The molecule has 1 aliphatic carbocycles. The molecule has 3 fully saturated rings. The molecule has 2 heterocycles. The molecule has 0 aromatic heterocycles. The van der Waals surface area contributed by atoms with Gasteiger partial charge in [0.2, 0.25) is 0 Å². The van der Waals surface area contributed by atoms with Crippen LogP contribution in [-0.2, 0) is 0 Å². The Morgan fingerprint density at radius 3 is 1.82 bits per heavy atom. The zero-order chi connectivity index (χ0) is 7.26. The zero-order valence-corrected chi connectivity index (χ0v) is 6.84. The van der Waals surface area contributed by atoms with E-state index in [4.69, 9.17) is 0 Å². The lowest BCUT2D eigenvalue weighted by Gasteiger charge is -2.14. The Kier molecular flexibility index (Phi) is 1.29. The Morgan fingerprint density at radius 1 is 0.727 bits per heavy atom. The van der Waals surface area contributed by atoms with E-state index in [0.29, 0.717) is 0 Å². The normalized spacial score (nSPS) is 54.5. The molecule has 2 saturated heterocycles. The summed E-state index contributed by atoms with van der Waals surface area (Å²) in [5, 5.41) is 7.02. The fourth-order valence-electron chi connectivity index (χ4n) is 3.41. The summed E-state index contributed by atoms with van der Waals surface area (Å²) in [5.41, 5.74) is 0. The van der Waals surface area contributed by atoms with Crippen molar-refractivity contribution in [3.05, 3.63) is 0 Å². The van der Waals surface area contributed by atoms with E-state index < -0.39 is 0 Å². The van der Waals surface area contributed by atoms with Gasteiger partial charge in [0.25, 0.3) is 0 Å². The van der Waals surface area contributed by atoms with Crippen molar-refractivity contribution in [1.29, 1.82) is 0 Å². The Balaban J connectivity index is 1.84. The summed E-state index contributed by atoms with van der Waals surface area (Å²) in [6.07, 6.45) is 1.50. The molecule has 4 atom stereocenters. The first kappa shape index (κ1) is 6.44. The first-order chi connectivity index (χ1) is 5.45. The van der Waals surface area contributed by atoms with Crippen molar-refractivity contribution in [3.8, 4) is 0 Å². The van der Waals surface area contributed by atoms with Crippen molar-refractivity contribution < 1.29 is 0 Å². The maximum atomic E-state index is 3.51. The second-order valence-corrected chi connectivity index (χ2v) is 4.40. The maximum absolute atomic E-state index is 3.51. The quantitative estimate of drug-likeness (QED) is 0.513. The second-order valence-electron chi connectivity index (χ2n) is 4.40. The van der Waals surface area contributed by atoms with Crippen LogP contribution in [0.4, 0.5) is 0 Å². The van der Waals surface area contributed by atoms with E-state index in [-0.39, 0.29) is 0 Å². The molecule has 11 heavy (non-hydrogen) atoms. The molecule has 2 heteroatoms. The van der Waals surface area contributed by atoms with E-state index in [1.165, 1.54) is 32.6 Å². The van der Waals surface area contributed by atoms with Gasteiger partial charge in [0.1, 0.15) is 0 Å². The van der Waals surface area contributed by atoms with Gasteiger partial charge >= 0.3 is 0 Å². The Labute approximate surface area is 67.7 Å². The summed E-state index contributed by atoms with van der Waals surface area (Å²) in [4.78, 5) is 0. The van der Waals surface area contributed by atoms with E-state index in [2.05, 4.69) is 10.6 Å². The fourth-order valence-corrected chi connectivity index (χ4v) is 3.41. The van der Waals surface area contributed by atoms with Crippen LogP contribution in [0.25, 0.3) is 0 Å². The van der Waals surface area contributed by atoms with Gasteiger partial charge in [-0.05, 0) is 56.3 Å². The van der Waals surface area contributed by atoms with Crippen LogP contribution < -0.4 is 10.6 Å². The number of hydrogen-bond acceptors (Lipinski definition) is 2. The highest BCUT2D eigenvalue weighted by Crippen LogP contribution is 2.44. The fraction of sp³-hybridized carbons (Fsp3) is 1.00. The van der Waals surface area contributed by atoms with Crippen molar-refractivity contribution in [3.63, 3.8) is 0 Å². The molecular weight excluding hydrogens is 136 g/mol. The predicted octanol–water partition coefficient (Wildman–Crippen LogP) is 0.0613. The van der Waals surface area contributed by atoms with Gasteiger partial charge in [-0.3, -0.25) is 0 Å². The van der Waals surface area contributed by atoms with Gasteiger partial charge in [-0.2, -0.15) is 0 Å². The zero-order valence-electron chi connectivity index (χ0n) is 6.84. The van der Waals surface area contributed by atoms with Crippen LogP contribution in [0.1, 0.15) is 6.42 Å². The predicted molar refractivity (Wildman–Crippen MR) is 44.3 cm³/mol. The summed E-state index contributed by atoms with van der Waals surface area (Å²) in [5.74, 6) is 4.11. The third-order valence-corrected chi connectivity index (χ3v) is 3.94. The molecule has 62 valence electrons. The van der Waals surface area contributed by atoms with E-state index in [9.17, 15) is 0 Å². The third-order valence-electron chi connectivity index (χ3n) is 3.94. The van der Waals surface area contributed by atoms with Gasteiger partial charge in [-0.15, -0.1) is 0 Å². The van der Waals surface area contributed by atoms with Gasteiger partial charge in [-0.1, -0.05) is 0 Å². The number of hydrogen-bond donors (Lipinski definition) is 2. The average Bonchev–Trinajstić information content (AvgIpc) is 2.52. The number of nitrogens with one attached hydrogen (secondary N) is 2. The molecule has 0 spiro atoms. The van der Waals surface area contributed by atoms with E-state index >= 15 is 0 Å². The third kappa shape index (κ3) is 0.798. The minimum Gasteiger partial charge on any atom is -0.316 e. The SMILES string of the molecule is C1NCC2C1CC1CNCC12. The van der Waals surface area contributed by atoms with Crippen LogP contribution >= 0.6 is 0 Å². The lowest BCUT2D eigenvalue weighted by molar-refractivity contribution is 0.373. The molecular formula is C9H16N2. The number of rotatable bonds is 0. The first-order valence-corrected chi connectivity index (χ1v) is 4.86. The molecule has 0 aromatic rings. The molecule has 2 nitrogen and oxygen atoms in total. The average molecular weight is 152 g/mol. The molecule has 0 amide bonds. The van der Waals surface area contributed by atoms with E-state index in [1.807, 2.05) is 0 Å². The Bertz CT molecular complexity index is 151. The summed E-state index contributed by atoms with van der Waals surface area (Å²) >= 11 is 0. The maximum Gasteiger partial charge on any atom is -0.00140 e. The van der Waals surface area contributed by atoms with Crippen LogP contribution in [-0.4, -0.2) is 26.2 Å². The summed E-state index contributed by atoms with van der Waals surface area (Å²) in [7, 11) is 0. The monoisotopic (exact) mass is 152 g/mol. The lowest BCUT2D eigenvalue weighted by Crippen LogP contribution is -2.21. The molecule has 0 bridgehead atoms. The van der Waals surface area contributed by atoms with Crippen molar-refractivity contribution in [1.82, 2.24) is 10.6 Å². The Morgan fingerprint density at radius 2 is 1.27 bits per heavy atom.